The van der Waals surface area contributed by atoms with E-state index in [0.29, 0.717) is 6.54 Å². The molecule has 4 N–H and O–H groups in total. The van der Waals surface area contributed by atoms with Crippen LogP contribution in [-0.2, 0) is 16.1 Å². The Hall–Kier alpha value is -2.08. The Bertz CT molecular complexity index is 445. The highest BCUT2D eigenvalue weighted by Gasteiger charge is 2.32. The van der Waals surface area contributed by atoms with Crippen LogP contribution in [0.25, 0.3) is 0 Å². The Morgan fingerprint density at radius 2 is 1.75 bits per heavy atom. The van der Waals surface area contributed by atoms with Gasteiger partial charge in [0.05, 0.1) is 6.61 Å². The van der Waals surface area contributed by atoms with Gasteiger partial charge in [-0.15, -0.1) is 0 Å². The van der Waals surface area contributed by atoms with Crippen LogP contribution in [-0.4, -0.2) is 28.8 Å². The molecule has 0 radical (unpaired) electrons. The van der Waals surface area contributed by atoms with Gasteiger partial charge in [0.2, 0.25) is 0 Å². The van der Waals surface area contributed by atoms with Crippen molar-refractivity contribution in [2.45, 2.75) is 19.9 Å². The summed E-state index contributed by atoms with van der Waals surface area (Å²) in [6, 6.07) is 8.03. The van der Waals surface area contributed by atoms with Crippen molar-refractivity contribution in [1.29, 1.82) is 0 Å². The number of carboxylic acids is 2. The van der Waals surface area contributed by atoms with Crippen molar-refractivity contribution in [2.75, 3.05) is 6.61 Å². The average molecular weight is 281 g/mol. The van der Waals surface area contributed by atoms with E-state index in [2.05, 4.69) is 6.92 Å². The zero-order chi connectivity index (χ0) is 15.1. The van der Waals surface area contributed by atoms with Gasteiger partial charge in [0.1, 0.15) is 5.75 Å². The van der Waals surface area contributed by atoms with Crippen LogP contribution in [0.3, 0.4) is 0 Å². The quantitative estimate of drug-likeness (QED) is 0.718. The minimum absolute atomic E-state index is 0.597. The third kappa shape index (κ3) is 5.71. The SMILES string of the molecule is CC1CC1COc1ccc(CN)cc1.O=C(O)C(=O)O. The van der Waals surface area contributed by atoms with Gasteiger partial charge in [-0.3, -0.25) is 0 Å². The Labute approximate surface area is 117 Å². The Balaban J connectivity index is 0.000000286. The number of benzene rings is 1. The molecule has 1 fully saturated rings. The molecule has 2 atom stereocenters. The molecule has 20 heavy (non-hydrogen) atoms. The second-order valence-electron chi connectivity index (χ2n) is 4.74. The first kappa shape index (κ1) is 16.0. The van der Waals surface area contributed by atoms with Gasteiger partial charge in [-0.25, -0.2) is 9.59 Å². The standard InChI is InChI=1S/C12H17NO.C2H2O4/c1-9-6-11(9)8-14-12-4-2-10(7-13)3-5-12;3-1(4)2(5)6/h2-5,9,11H,6-8,13H2,1H3;(H,3,4)(H,5,6). The highest BCUT2D eigenvalue weighted by molar-refractivity contribution is 6.27. The summed E-state index contributed by atoms with van der Waals surface area (Å²) in [7, 11) is 0. The number of aliphatic carboxylic acids is 2. The maximum atomic E-state index is 9.10. The summed E-state index contributed by atoms with van der Waals surface area (Å²) >= 11 is 0. The normalized spacial score (nSPS) is 19.5. The fourth-order valence-corrected chi connectivity index (χ4v) is 1.56. The van der Waals surface area contributed by atoms with Crippen LogP contribution >= 0.6 is 0 Å². The average Bonchev–Trinajstić information content (AvgIpc) is 3.13. The number of nitrogens with two attached hydrogens (primary N) is 1. The molecule has 1 aliphatic rings. The molecule has 0 bridgehead atoms. The Morgan fingerprint density at radius 3 is 2.10 bits per heavy atom. The van der Waals surface area contributed by atoms with Crippen molar-refractivity contribution in [1.82, 2.24) is 0 Å². The molecule has 2 rings (SSSR count). The van der Waals surface area contributed by atoms with E-state index < -0.39 is 11.9 Å². The third-order valence-corrected chi connectivity index (χ3v) is 3.08. The number of ether oxygens (including phenoxy) is 1. The lowest BCUT2D eigenvalue weighted by Crippen LogP contribution is -2.09. The molecule has 110 valence electrons. The molecule has 2 unspecified atom stereocenters. The summed E-state index contributed by atoms with van der Waals surface area (Å²) in [4.78, 5) is 18.2. The topological polar surface area (TPSA) is 110 Å². The molecule has 6 heteroatoms. The molecular weight excluding hydrogens is 262 g/mol. The smallest absolute Gasteiger partial charge is 0.414 e. The fourth-order valence-electron chi connectivity index (χ4n) is 1.56. The lowest BCUT2D eigenvalue weighted by atomic mass is 10.2. The van der Waals surface area contributed by atoms with Crippen molar-refractivity contribution in [3.05, 3.63) is 29.8 Å². The molecule has 1 aromatic rings. The largest absolute Gasteiger partial charge is 0.493 e. The molecule has 1 aliphatic carbocycles. The molecule has 1 aromatic carbocycles. The predicted octanol–water partition coefficient (Wildman–Crippen LogP) is 1.34. The van der Waals surface area contributed by atoms with Crippen molar-refractivity contribution >= 4 is 11.9 Å². The Kier molecular flexibility index (Phi) is 5.99. The molecule has 0 aliphatic heterocycles. The predicted molar refractivity (Wildman–Crippen MR) is 72.4 cm³/mol. The number of carboxylic acid groups (broad SMARTS) is 2. The van der Waals surface area contributed by atoms with Gasteiger partial charge < -0.3 is 20.7 Å². The van der Waals surface area contributed by atoms with Gasteiger partial charge in [-0.05, 0) is 36.0 Å². The maximum absolute atomic E-state index is 9.10. The highest BCUT2D eigenvalue weighted by atomic mass is 16.5. The van der Waals surface area contributed by atoms with E-state index in [0.717, 1.165) is 29.8 Å². The summed E-state index contributed by atoms with van der Waals surface area (Å²) in [5.74, 6) is -1.05. The molecule has 0 amide bonds. The van der Waals surface area contributed by atoms with Gasteiger partial charge in [-0.1, -0.05) is 19.1 Å². The van der Waals surface area contributed by atoms with Gasteiger partial charge in [-0.2, -0.15) is 0 Å². The Morgan fingerprint density at radius 1 is 1.25 bits per heavy atom. The number of hydrogen-bond donors (Lipinski definition) is 3. The van der Waals surface area contributed by atoms with Crippen LogP contribution in [0.15, 0.2) is 24.3 Å². The van der Waals surface area contributed by atoms with E-state index >= 15 is 0 Å². The van der Waals surface area contributed by atoms with Crippen LogP contribution in [0.5, 0.6) is 5.75 Å². The van der Waals surface area contributed by atoms with Crippen LogP contribution in [0.4, 0.5) is 0 Å². The number of rotatable bonds is 4. The number of hydrogen-bond acceptors (Lipinski definition) is 4. The van der Waals surface area contributed by atoms with Crippen LogP contribution in [0.2, 0.25) is 0 Å². The molecule has 0 spiro atoms. The summed E-state index contributed by atoms with van der Waals surface area (Å²) < 4.78 is 5.66. The summed E-state index contributed by atoms with van der Waals surface area (Å²) in [6.45, 7) is 3.73. The minimum atomic E-state index is -1.82. The van der Waals surface area contributed by atoms with E-state index in [1.165, 1.54) is 6.42 Å². The zero-order valence-electron chi connectivity index (χ0n) is 11.3. The van der Waals surface area contributed by atoms with Gasteiger partial charge in [0, 0.05) is 6.54 Å². The van der Waals surface area contributed by atoms with E-state index in [9.17, 15) is 0 Å². The molecular formula is C14H19NO5. The van der Waals surface area contributed by atoms with E-state index in [1.54, 1.807) is 0 Å². The highest BCUT2D eigenvalue weighted by Crippen LogP contribution is 2.37. The maximum Gasteiger partial charge on any atom is 0.414 e. The van der Waals surface area contributed by atoms with E-state index in [4.69, 9.17) is 30.3 Å². The molecule has 6 nitrogen and oxygen atoms in total. The van der Waals surface area contributed by atoms with Crippen molar-refractivity contribution in [3.8, 4) is 5.75 Å². The lowest BCUT2D eigenvalue weighted by molar-refractivity contribution is -0.159. The zero-order valence-corrected chi connectivity index (χ0v) is 11.3. The van der Waals surface area contributed by atoms with E-state index in [-0.39, 0.29) is 0 Å². The van der Waals surface area contributed by atoms with Crippen LogP contribution in [0.1, 0.15) is 18.9 Å². The van der Waals surface area contributed by atoms with Gasteiger partial charge >= 0.3 is 11.9 Å². The van der Waals surface area contributed by atoms with E-state index in [1.807, 2.05) is 24.3 Å². The van der Waals surface area contributed by atoms with Gasteiger partial charge in [0.15, 0.2) is 0 Å². The first-order chi connectivity index (χ1) is 9.43. The van der Waals surface area contributed by atoms with Crippen LogP contribution < -0.4 is 10.5 Å². The van der Waals surface area contributed by atoms with Crippen molar-refractivity contribution in [2.24, 2.45) is 17.6 Å². The first-order valence-electron chi connectivity index (χ1n) is 6.32. The second-order valence-corrected chi connectivity index (χ2v) is 4.74. The third-order valence-electron chi connectivity index (χ3n) is 3.08. The van der Waals surface area contributed by atoms with Gasteiger partial charge in [0.25, 0.3) is 0 Å². The summed E-state index contributed by atoms with van der Waals surface area (Å²) in [5, 5.41) is 14.8. The fraction of sp³-hybridized carbons (Fsp3) is 0.429. The number of carbonyl (C=O) groups is 2. The molecule has 1 saturated carbocycles. The molecule has 0 saturated heterocycles. The van der Waals surface area contributed by atoms with Crippen molar-refractivity contribution < 1.29 is 24.5 Å². The second kappa shape index (κ2) is 7.49. The van der Waals surface area contributed by atoms with Crippen molar-refractivity contribution in [3.63, 3.8) is 0 Å². The summed E-state index contributed by atoms with van der Waals surface area (Å²) in [6.07, 6.45) is 1.32. The molecule has 0 aromatic heterocycles. The van der Waals surface area contributed by atoms with Crippen LogP contribution in [0, 0.1) is 11.8 Å². The minimum Gasteiger partial charge on any atom is -0.493 e. The summed E-state index contributed by atoms with van der Waals surface area (Å²) in [5.41, 5.74) is 6.66. The molecule has 0 heterocycles. The lowest BCUT2D eigenvalue weighted by Gasteiger charge is -2.05. The monoisotopic (exact) mass is 281 g/mol. The first-order valence-corrected chi connectivity index (χ1v) is 6.32.